The summed E-state index contributed by atoms with van der Waals surface area (Å²) in [6, 6.07) is 0. The smallest absolute Gasteiger partial charge is 0.106 e. The molecule has 0 radical (unpaired) electrons. The minimum atomic E-state index is 0.577. The van der Waals surface area contributed by atoms with Crippen LogP contribution in [0.25, 0.3) is 0 Å². The van der Waals surface area contributed by atoms with Gasteiger partial charge in [-0.2, -0.15) is 0 Å². The number of methoxy groups -OCH3 is 1. The van der Waals surface area contributed by atoms with Crippen molar-refractivity contribution in [3.63, 3.8) is 0 Å². The van der Waals surface area contributed by atoms with Crippen LogP contribution in [0.3, 0.4) is 0 Å². The number of hydrogen-bond donors (Lipinski definition) is 1. The molecule has 4 nitrogen and oxygen atoms in total. The van der Waals surface area contributed by atoms with Crippen molar-refractivity contribution in [1.82, 2.24) is 14.9 Å². The molecule has 0 aromatic carbocycles. The van der Waals surface area contributed by atoms with Gasteiger partial charge in [0, 0.05) is 26.4 Å². The lowest BCUT2D eigenvalue weighted by atomic mass is 10.4. The Kier molecular flexibility index (Phi) is 4.88. The molecular weight excluding hydrogens is 190 g/mol. The molecule has 0 fully saturated rings. The summed E-state index contributed by atoms with van der Waals surface area (Å²) in [4.78, 5) is 4.23. The quantitative estimate of drug-likeness (QED) is 0.547. The van der Waals surface area contributed by atoms with Crippen LogP contribution in [0.5, 0.6) is 0 Å². The van der Waals surface area contributed by atoms with E-state index in [4.69, 9.17) is 11.2 Å². The predicted molar refractivity (Wildman–Crippen MR) is 59.4 cm³/mol. The van der Waals surface area contributed by atoms with Gasteiger partial charge in [-0.25, -0.2) is 4.98 Å². The van der Waals surface area contributed by atoms with Gasteiger partial charge >= 0.3 is 0 Å². The molecule has 1 aromatic heterocycles. The molecule has 1 rings (SSSR count). The summed E-state index contributed by atoms with van der Waals surface area (Å²) < 4.78 is 6.97. The van der Waals surface area contributed by atoms with Crippen molar-refractivity contribution in [2.75, 3.05) is 20.3 Å². The Labute approximate surface area is 90.7 Å². The zero-order chi connectivity index (χ0) is 11.1. The molecule has 0 unspecified atom stereocenters. The van der Waals surface area contributed by atoms with Crippen molar-refractivity contribution < 1.29 is 4.74 Å². The first-order valence-electron chi connectivity index (χ1n) is 4.93. The summed E-state index contributed by atoms with van der Waals surface area (Å²) in [5.41, 5.74) is 1.11. The maximum atomic E-state index is 5.29. The number of rotatable bonds is 6. The third-order valence-electron chi connectivity index (χ3n) is 2.18. The monoisotopic (exact) mass is 207 g/mol. The van der Waals surface area contributed by atoms with Crippen molar-refractivity contribution >= 4 is 0 Å². The van der Waals surface area contributed by atoms with Gasteiger partial charge in [-0.15, -0.1) is 6.42 Å². The first kappa shape index (κ1) is 11.8. The van der Waals surface area contributed by atoms with Crippen LogP contribution >= 0.6 is 0 Å². The topological polar surface area (TPSA) is 39.1 Å². The van der Waals surface area contributed by atoms with E-state index < -0.39 is 0 Å². The van der Waals surface area contributed by atoms with Crippen molar-refractivity contribution in [3.05, 3.63) is 17.7 Å². The second-order valence-corrected chi connectivity index (χ2v) is 3.26. The van der Waals surface area contributed by atoms with Crippen LogP contribution in [-0.4, -0.2) is 29.8 Å². The third kappa shape index (κ3) is 3.39. The fourth-order valence-corrected chi connectivity index (χ4v) is 1.35. The number of aryl methyl sites for hydroxylation is 1. The standard InChI is InChI=1S/C11H17N3O/c1-4-6-14-10(2)13-9-11(14)8-12-5-7-15-3/h1,9,12H,5-8H2,2-3H3. The Balaban J connectivity index is 2.50. The van der Waals surface area contributed by atoms with Gasteiger partial charge in [-0.3, -0.25) is 0 Å². The lowest BCUT2D eigenvalue weighted by Crippen LogP contribution is -2.20. The van der Waals surface area contributed by atoms with Crippen LogP contribution in [-0.2, 0) is 17.8 Å². The molecule has 0 bridgehead atoms. The molecule has 15 heavy (non-hydrogen) atoms. The Morgan fingerprint density at radius 3 is 3.13 bits per heavy atom. The fourth-order valence-electron chi connectivity index (χ4n) is 1.35. The van der Waals surface area contributed by atoms with E-state index in [1.165, 1.54) is 0 Å². The van der Waals surface area contributed by atoms with Gasteiger partial charge in [0.25, 0.3) is 0 Å². The molecule has 1 aromatic rings. The van der Waals surface area contributed by atoms with Crippen molar-refractivity contribution in [2.24, 2.45) is 0 Å². The highest BCUT2D eigenvalue weighted by Crippen LogP contribution is 2.03. The summed E-state index contributed by atoms with van der Waals surface area (Å²) in [6.45, 7) is 4.84. The van der Waals surface area contributed by atoms with Gasteiger partial charge in [0.05, 0.1) is 18.8 Å². The molecule has 82 valence electrons. The average Bonchev–Trinajstić information content (AvgIpc) is 2.57. The van der Waals surface area contributed by atoms with Crippen LogP contribution in [0, 0.1) is 19.3 Å². The van der Waals surface area contributed by atoms with Crippen molar-refractivity contribution in [2.45, 2.75) is 20.0 Å². The number of hydrogen-bond acceptors (Lipinski definition) is 3. The van der Waals surface area contributed by atoms with Crippen LogP contribution in [0.1, 0.15) is 11.5 Å². The second-order valence-electron chi connectivity index (χ2n) is 3.26. The van der Waals surface area contributed by atoms with Crippen LogP contribution in [0.15, 0.2) is 6.20 Å². The third-order valence-corrected chi connectivity index (χ3v) is 2.18. The fraction of sp³-hybridized carbons (Fsp3) is 0.545. The van der Waals surface area contributed by atoms with Gasteiger partial charge < -0.3 is 14.6 Å². The molecular formula is C11H17N3O. The lowest BCUT2D eigenvalue weighted by molar-refractivity contribution is 0.199. The lowest BCUT2D eigenvalue weighted by Gasteiger charge is -2.07. The van der Waals surface area contributed by atoms with Gasteiger partial charge in [0.1, 0.15) is 5.82 Å². The maximum Gasteiger partial charge on any atom is 0.106 e. The number of terminal acetylenes is 1. The van der Waals surface area contributed by atoms with E-state index in [0.717, 1.165) is 24.6 Å². The molecule has 0 atom stereocenters. The van der Waals surface area contributed by atoms with E-state index in [-0.39, 0.29) is 0 Å². The molecule has 0 spiro atoms. The van der Waals surface area contributed by atoms with E-state index >= 15 is 0 Å². The first-order valence-corrected chi connectivity index (χ1v) is 4.93. The number of imidazole rings is 1. The highest BCUT2D eigenvalue weighted by atomic mass is 16.5. The summed E-state index contributed by atoms with van der Waals surface area (Å²) >= 11 is 0. The Morgan fingerprint density at radius 2 is 2.47 bits per heavy atom. The van der Waals surface area contributed by atoms with E-state index in [9.17, 15) is 0 Å². The molecule has 1 heterocycles. The summed E-state index contributed by atoms with van der Waals surface area (Å²) in [6.07, 6.45) is 7.15. The molecule has 0 amide bonds. The maximum absolute atomic E-state index is 5.29. The molecule has 0 aliphatic carbocycles. The highest BCUT2D eigenvalue weighted by molar-refractivity contribution is 5.07. The molecule has 1 N–H and O–H groups in total. The number of ether oxygens (including phenoxy) is 1. The molecule has 0 saturated heterocycles. The highest BCUT2D eigenvalue weighted by Gasteiger charge is 2.04. The summed E-state index contributed by atoms with van der Waals surface area (Å²) in [5, 5.41) is 3.26. The second kappa shape index (κ2) is 6.23. The summed E-state index contributed by atoms with van der Waals surface area (Å²) in [5.74, 6) is 3.58. The Morgan fingerprint density at radius 1 is 1.67 bits per heavy atom. The van der Waals surface area contributed by atoms with E-state index in [2.05, 4.69) is 16.2 Å². The number of nitrogens with zero attached hydrogens (tertiary/aromatic N) is 2. The van der Waals surface area contributed by atoms with E-state index in [0.29, 0.717) is 13.2 Å². The van der Waals surface area contributed by atoms with Crippen LogP contribution < -0.4 is 5.32 Å². The number of aromatic nitrogens is 2. The largest absolute Gasteiger partial charge is 0.383 e. The SMILES string of the molecule is C#CCn1c(CNCCOC)cnc1C. The Bertz CT molecular complexity index is 338. The predicted octanol–water partition coefficient (Wildman–Crippen LogP) is 0.561. The van der Waals surface area contributed by atoms with Crippen LogP contribution in [0.4, 0.5) is 0 Å². The van der Waals surface area contributed by atoms with E-state index in [1.807, 2.05) is 17.7 Å². The normalized spacial score (nSPS) is 10.2. The van der Waals surface area contributed by atoms with Gasteiger partial charge in [0.15, 0.2) is 0 Å². The molecule has 4 heteroatoms. The van der Waals surface area contributed by atoms with Gasteiger partial charge in [-0.1, -0.05) is 5.92 Å². The van der Waals surface area contributed by atoms with Crippen molar-refractivity contribution in [3.8, 4) is 12.3 Å². The molecule has 0 aliphatic rings. The minimum Gasteiger partial charge on any atom is -0.383 e. The first-order chi connectivity index (χ1) is 7.29. The van der Waals surface area contributed by atoms with Gasteiger partial charge in [-0.05, 0) is 6.92 Å². The average molecular weight is 207 g/mol. The molecule has 0 aliphatic heterocycles. The molecule has 0 saturated carbocycles. The minimum absolute atomic E-state index is 0.577. The van der Waals surface area contributed by atoms with E-state index in [1.54, 1.807) is 7.11 Å². The van der Waals surface area contributed by atoms with Gasteiger partial charge in [0.2, 0.25) is 0 Å². The number of nitrogens with one attached hydrogen (secondary N) is 1. The zero-order valence-electron chi connectivity index (χ0n) is 9.29. The summed E-state index contributed by atoms with van der Waals surface area (Å²) in [7, 11) is 1.69. The van der Waals surface area contributed by atoms with Crippen LogP contribution in [0.2, 0.25) is 0 Å². The Hall–Kier alpha value is -1.31. The zero-order valence-corrected chi connectivity index (χ0v) is 9.29. The van der Waals surface area contributed by atoms with Crippen molar-refractivity contribution in [1.29, 1.82) is 0 Å².